The minimum Gasteiger partial charge on any atom is -0.372 e. The summed E-state index contributed by atoms with van der Waals surface area (Å²) in [5.74, 6) is 0. The number of non-ortho nitro benzene ring substituents is 1. The third kappa shape index (κ3) is 3.43. The second-order valence-corrected chi connectivity index (χ2v) is 7.91. The van der Waals surface area contributed by atoms with Crippen LogP contribution in [0.15, 0.2) is 53.4 Å². The van der Waals surface area contributed by atoms with Gasteiger partial charge < -0.3 is 4.90 Å². The van der Waals surface area contributed by atoms with Crippen LogP contribution in [-0.2, 0) is 10.0 Å². The number of hydrogen-bond acceptors (Lipinski definition) is 5. The van der Waals surface area contributed by atoms with Crippen LogP contribution in [0.1, 0.15) is 12.8 Å². The molecule has 0 spiro atoms. The zero-order valence-electron chi connectivity index (χ0n) is 13.8. The Morgan fingerprint density at radius 1 is 1.08 bits per heavy atom. The van der Waals surface area contributed by atoms with Gasteiger partial charge in [0.2, 0.25) is 0 Å². The average Bonchev–Trinajstić information content (AvgIpc) is 3.16. The molecule has 0 aromatic heterocycles. The Morgan fingerprint density at radius 2 is 1.72 bits per heavy atom. The molecule has 3 rings (SSSR count). The van der Waals surface area contributed by atoms with E-state index in [0.717, 1.165) is 29.1 Å². The maximum absolute atomic E-state index is 12.7. The molecule has 1 aliphatic rings. The summed E-state index contributed by atoms with van der Waals surface area (Å²) in [5.41, 5.74) is 1.33. The quantitative estimate of drug-likeness (QED) is 0.604. The topological polar surface area (TPSA) is 83.8 Å². The van der Waals surface area contributed by atoms with Crippen LogP contribution in [0.3, 0.4) is 0 Å². The first-order valence-electron chi connectivity index (χ1n) is 7.98. The predicted octanol–water partition coefficient (Wildman–Crippen LogP) is 3.02. The lowest BCUT2D eigenvalue weighted by Crippen LogP contribution is -2.26. The van der Waals surface area contributed by atoms with Gasteiger partial charge in [-0.3, -0.25) is 14.4 Å². The van der Waals surface area contributed by atoms with Crippen LogP contribution in [0, 0.1) is 10.1 Å². The van der Waals surface area contributed by atoms with Gasteiger partial charge in [-0.1, -0.05) is 6.07 Å². The minimum absolute atomic E-state index is 0.104. The summed E-state index contributed by atoms with van der Waals surface area (Å²) >= 11 is 0. The normalized spacial score (nSPS) is 14.5. The molecule has 2 aromatic rings. The van der Waals surface area contributed by atoms with Crippen molar-refractivity contribution in [1.82, 2.24) is 0 Å². The Labute approximate surface area is 146 Å². The molecule has 0 bridgehead atoms. The van der Waals surface area contributed by atoms with E-state index in [1.165, 1.54) is 38.1 Å². The molecule has 1 aliphatic heterocycles. The van der Waals surface area contributed by atoms with Gasteiger partial charge in [0.15, 0.2) is 0 Å². The molecule has 0 radical (unpaired) electrons. The van der Waals surface area contributed by atoms with Crippen LogP contribution in [0.2, 0.25) is 0 Å². The second kappa shape index (κ2) is 6.72. The van der Waals surface area contributed by atoms with Gasteiger partial charge in [0.05, 0.1) is 15.5 Å². The molecule has 1 fully saturated rings. The van der Waals surface area contributed by atoms with Gasteiger partial charge in [-0.15, -0.1) is 0 Å². The van der Waals surface area contributed by atoms with Gasteiger partial charge >= 0.3 is 0 Å². The monoisotopic (exact) mass is 361 g/mol. The third-order valence-electron chi connectivity index (χ3n) is 4.37. The molecule has 0 saturated carbocycles. The van der Waals surface area contributed by atoms with Gasteiger partial charge in [-0.05, 0) is 43.2 Å². The largest absolute Gasteiger partial charge is 0.372 e. The van der Waals surface area contributed by atoms with E-state index in [2.05, 4.69) is 4.90 Å². The summed E-state index contributed by atoms with van der Waals surface area (Å²) in [5, 5.41) is 10.9. The molecule has 1 saturated heterocycles. The highest BCUT2D eigenvalue weighted by Gasteiger charge is 2.23. The Balaban J connectivity index is 1.87. The van der Waals surface area contributed by atoms with E-state index in [-0.39, 0.29) is 10.6 Å². The molecule has 0 unspecified atom stereocenters. The zero-order valence-corrected chi connectivity index (χ0v) is 14.6. The molecule has 7 nitrogen and oxygen atoms in total. The van der Waals surface area contributed by atoms with Crippen LogP contribution >= 0.6 is 0 Å². The third-order valence-corrected chi connectivity index (χ3v) is 6.15. The van der Waals surface area contributed by atoms with Crippen molar-refractivity contribution in [3.05, 3.63) is 58.6 Å². The van der Waals surface area contributed by atoms with Crippen molar-refractivity contribution in [3.8, 4) is 0 Å². The van der Waals surface area contributed by atoms with E-state index in [1.54, 1.807) is 12.1 Å². The SMILES string of the molecule is CN(c1ccc(N2CCCC2)cc1)S(=O)(=O)c1cccc([N+](=O)[O-])c1. The lowest BCUT2D eigenvalue weighted by atomic mass is 10.2. The van der Waals surface area contributed by atoms with Gasteiger partial charge in [-0.25, -0.2) is 8.42 Å². The van der Waals surface area contributed by atoms with Crippen LogP contribution in [-0.4, -0.2) is 33.5 Å². The van der Waals surface area contributed by atoms with Crippen molar-refractivity contribution < 1.29 is 13.3 Å². The number of nitrogens with zero attached hydrogens (tertiary/aromatic N) is 3. The smallest absolute Gasteiger partial charge is 0.270 e. The summed E-state index contributed by atoms with van der Waals surface area (Å²) in [6.07, 6.45) is 2.34. The first kappa shape index (κ1) is 17.2. The maximum atomic E-state index is 12.7. The van der Waals surface area contributed by atoms with Crippen molar-refractivity contribution in [2.75, 3.05) is 29.3 Å². The van der Waals surface area contributed by atoms with E-state index in [9.17, 15) is 18.5 Å². The Kier molecular flexibility index (Phi) is 4.63. The zero-order chi connectivity index (χ0) is 18.0. The summed E-state index contributed by atoms with van der Waals surface area (Å²) in [6, 6.07) is 12.4. The summed E-state index contributed by atoms with van der Waals surface area (Å²) in [4.78, 5) is 12.4. The van der Waals surface area contributed by atoms with E-state index < -0.39 is 14.9 Å². The van der Waals surface area contributed by atoms with Crippen molar-refractivity contribution >= 4 is 27.1 Å². The Morgan fingerprint density at radius 3 is 2.32 bits per heavy atom. The highest BCUT2D eigenvalue weighted by atomic mass is 32.2. The molecular weight excluding hydrogens is 342 g/mol. The number of sulfonamides is 1. The summed E-state index contributed by atoms with van der Waals surface area (Å²) in [7, 11) is -2.42. The minimum atomic E-state index is -3.86. The molecule has 0 amide bonds. The summed E-state index contributed by atoms with van der Waals surface area (Å²) < 4.78 is 26.6. The number of rotatable bonds is 5. The van der Waals surface area contributed by atoms with Crippen LogP contribution in [0.25, 0.3) is 0 Å². The lowest BCUT2D eigenvalue weighted by molar-refractivity contribution is -0.385. The molecule has 25 heavy (non-hydrogen) atoms. The fourth-order valence-electron chi connectivity index (χ4n) is 2.90. The molecule has 0 aliphatic carbocycles. The van der Waals surface area contributed by atoms with Crippen molar-refractivity contribution in [3.63, 3.8) is 0 Å². The number of hydrogen-bond donors (Lipinski definition) is 0. The Bertz CT molecular complexity index is 875. The van der Waals surface area contributed by atoms with E-state index in [1.807, 2.05) is 12.1 Å². The number of anilines is 2. The predicted molar refractivity (Wildman–Crippen MR) is 96.6 cm³/mol. The van der Waals surface area contributed by atoms with E-state index in [4.69, 9.17) is 0 Å². The van der Waals surface area contributed by atoms with Gasteiger partial charge in [0.1, 0.15) is 0 Å². The highest BCUT2D eigenvalue weighted by molar-refractivity contribution is 7.92. The van der Waals surface area contributed by atoms with E-state index in [0.29, 0.717) is 5.69 Å². The number of benzene rings is 2. The molecule has 2 aromatic carbocycles. The molecule has 132 valence electrons. The first-order valence-corrected chi connectivity index (χ1v) is 9.42. The second-order valence-electron chi connectivity index (χ2n) is 5.94. The van der Waals surface area contributed by atoms with Crippen LogP contribution < -0.4 is 9.21 Å². The van der Waals surface area contributed by atoms with Gasteiger partial charge in [-0.2, -0.15) is 0 Å². The standard InChI is InChI=1S/C17H19N3O4S/c1-18(14-7-9-15(10-8-14)19-11-2-3-12-19)25(23,24)17-6-4-5-16(13-17)20(21)22/h4-10,13H,2-3,11-12H2,1H3. The van der Waals surface area contributed by atoms with Crippen molar-refractivity contribution in [1.29, 1.82) is 0 Å². The van der Waals surface area contributed by atoms with E-state index >= 15 is 0 Å². The summed E-state index contributed by atoms with van der Waals surface area (Å²) in [6.45, 7) is 2.03. The van der Waals surface area contributed by atoms with Crippen molar-refractivity contribution in [2.45, 2.75) is 17.7 Å². The molecule has 8 heteroatoms. The van der Waals surface area contributed by atoms with Crippen LogP contribution in [0.5, 0.6) is 0 Å². The average molecular weight is 361 g/mol. The lowest BCUT2D eigenvalue weighted by Gasteiger charge is -2.22. The molecule has 1 heterocycles. The van der Waals surface area contributed by atoms with Gasteiger partial charge in [0, 0.05) is 38.0 Å². The molecule has 0 atom stereocenters. The Hall–Kier alpha value is -2.61. The fraction of sp³-hybridized carbons (Fsp3) is 0.294. The highest BCUT2D eigenvalue weighted by Crippen LogP contribution is 2.27. The van der Waals surface area contributed by atoms with Gasteiger partial charge in [0.25, 0.3) is 15.7 Å². The number of nitro groups is 1. The first-order chi connectivity index (χ1) is 11.9. The fourth-order valence-corrected chi connectivity index (χ4v) is 4.14. The number of nitro benzene ring substituents is 1. The molecule has 0 N–H and O–H groups in total. The maximum Gasteiger partial charge on any atom is 0.270 e. The van der Waals surface area contributed by atoms with Crippen LogP contribution in [0.4, 0.5) is 17.1 Å². The molecular formula is C17H19N3O4S. The van der Waals surface area contributed by atoms with Crippen molar-refractivity contribution in [2.24, 2.45) is 0 Å².